The van der Waals surface area contributed by atoms with Crippen LogP contribution in [-0.2, 0) is 39.8 Å². The first-order valence-electron chi connectivity index (χ1n) is 13.4. The van der Waals surface area contributed by atoms with Crippen molar-refractivity contribution in [2.24, 2.45) is 17.8 Å². The molecule has 1 aromatic rings. The van der Waals surface area contributed by atoms with Crippen molar-refractivity contribution in [2.45, 2.75) is 69.9 Å². The Kier molecular flexibility index (Phi) is 8.12. The number of esters is 2. The molecule has 9 atom stereocenters. The number of ether oxygens (including phenoxy) is 4. The topological polar surface area (TPSA) is 169 Å². The predicted octanol–water partition coefficient (Wildman–Crippen LogP) is 0.715. The van der Waals surface area contributed by atoms with Gasteiger partial charge in [-0.1, -0.05) is 24.6 Å². The predicted molar refractivity (Wildman–Crippen MR) is 136 cm³/mol. The molecular formula is C29H34O11. The van der Waals surface area contributed by atoms with Gasteiger partial charge in [-0.2, -0.15) is 0 Å². The molecule has 2 saturated heterocycles. The molecule has 0 amide bonds. The SMILES string of the molecule is CC1=C2C(=O)C=C(CO[C@@H]3O[C@H](COC(=O)Cc4ccc(O)cc4)[C@@H](O)[C@H](O)[C@H]3O)[C@@H]2[C@H]2OC(=O)[C@@H](C)[C@@H]2CC1. The average Bonchev–Trinajstić information content (AvgIpc) is 3.35. The molecule has 0 aromatic heterocycles. The van der Waals surface area contributed by atoms with Crippen LogP contribution >= 0.6 is 0 Å². The largest absolute Gasteiger partial charge is 0.508 e. The van der Waals surface area contributed by atoms with Crippen LogP contribution in [-0.4, -0.2) is 88.2 Å². The van der Waals surface area contributed by atoms with Gasteiger partial charge < -0.3 is 39.4 Å². The minimum absolute atomic E-state index is 0.0478. The van der Waals surface area contributed by atoms with Gasteiger partial charge in [0.2, 0.25) is 0 Å². The Morgan fingerprint density at radius 1 is 1.07 bits per heavy atom. The molecule has 0 saturated carbocycles. The van der Waals surface area contributed by atoms with Gasteiger partial charge in [-0.3, -0.25) is 14.4 Å². The zero-order valence-corrected chi connectivity index (χ0v) is 22.3. The number of allylic oxidation sites excluding steroid dienone is 2. The smallest absolute Gasteiger partial charge is 0.310 e. The van der Waals surface area contributed by atoms with E-state index in [4.69, 9.17) is 18.9 Å². The summed E-state index contributed by atoms with van der Waals surface area (Å²) in [7, 11) is 0. The molecule has 11 nitrogen and oxygen atoms in total. The number of aliphatic hydroxyl groups is 3. The Hall–Kier alpha value is -3.09. The van der Waals surface area contributed by atoms with E-state index in [9.17, 15) is 34.8 Å². The number of hydrogen-bond acceptors (Lipinski definition) is 11. The molecule has 1 aromatic carbocycles. The normalized spacial score (nSPS) is 35.5. The summed E-state index contributed by atoms with van der Waals surface area (Å²) < 4.78 is 22.5. The van der Waals surface area contributed by atoms with Crippen LogP contribution in [0.2, 0.25) is 0 Å². The van der Waals surface area contributed by atoms with Crippen molar-refractivity contribution in [1.82, 2.24) is 0 Å². The Morgan fingerprint density at radius 2 is 1.80 bits per heavy atom. The Bertz CT molecular complexity index is 1220. The van der Waals surface area contributed by atoms with E-state index in [-0.39, 0.29) is 42.4 Å². The lowest BCUT2D eigenvalue weighted by molar-refractivity contribution is -0.299. The summed E-state index contributed by atoms with van der Waals surface area (Å²) in [5, 5.41) is 40.8. The zero-order valence-electron chi connectivity index (χ0n) is 22.3. The van der Waals surface area contributed by atoms with Crippen LogP contribution in [0.1, 0.15) is 32.3 Å². The van der Waals surface area contributed by atoms with E-state index in [1.54, 1.807) is 12.1 Å². The highest BCUT2D eigenvalue weighted by Crippen LogP contribution is 2.48. The zero-order chi connectivity index (χ0) is 28.7. The van der Waals surface area contributed by atoms with E-state index in [1.807, 2.05) is 13.8 Å². The quantitative estimate of drug-likeness (QED) is 0.348. The first kappa shape index (κ1) is 28.4. The number of phenolic OH excluding ortho intramolecular Hbond substituents is 1. The molecule has 5 rings (SSSR count). The van der Waals surface area contributed by atoms with Gasteiger partial charge in [0.25, 0.3) is 0 Å². The van der Waals surface area contributed by atoms with E-state index in [0.717, 1.165) is 12.0 Å². The highest BCUT2D eigenvalue weighted by Gasteiger charge is 2.52. The number of rotatable bonds is 7. The van der Waals surface area contributed by atoms with Gasteiger partial charge in [0.05, 0.1) is 18.9 Å². The molecule has 4 N–H and O–H groups in total. The lowest BCUT2D eigenvalue weighted by Gasteiger charge is -2.40. The fourth-order valence-corrected chi connectivity index (χ4v) is 6.07. The van der Waals surface area contributed by atoms with Crippen molar-refractivity contribution < 1.29 is 53.8 Å². The summed E-state index contributed by atoms with van der Waals surface area (Å²) in [4.78, 5) is 37.6. The van der Waals surface area contributed by atoms with Crippen molar-refractivity contribution in [2.75, 3.05) is 13.2 Å². The number of aromatic hydroxyl groups is 1. The molecule has 0 unspecified atom stereocenters. The first-order valence-corrected chi connectivity index (χ1v) is 13.4. The fourth-order valence-electron chi connectivity index (χ4n) is 6.07. The van der Waals surface area contributed by atoms with E-state index < -0.39 is 55.3 Å². The second-order valence-corrected chi connectivity index (χ2v) is 11.0. The standard InChI is InChI=1S/C29H34O11/c1-13-3-8-18-14(2)28(36)40-27(18)23-16(10-19(31)22(13)23)11-38-29-26(35)25(34)24(33)20(39-29)12-37-21(32)9-15-4-6-17(30)7-5-15/h4-7,10,14,18,20,23-27,29-30,33-35H,3,8-9,11-12H2,1-2H3/t14-,18-,20+,23-,24+,25-,26+,27-,29+/m0/s1. The van der Waals surface area contributed by atoms with Gasteiger partial charge in [-0.15, -0.1) is 0 Å². The van der Waals surface area contributed by atoms with Gasteiger partial charge in [-0.05, 0) is 49.1 Å². The van der Waals surface area contributed by atoms with Crippen molar-refractivity contribution in [3.63, 3.8) is 0 Å². The summed E-state index contributed by atoms with van der Waals surface area (Å²) in [6, 6.07) is 6.02. The van der Waals surface area contributed by atoms with Crippen molar-refractivity contribution in [3.8, 4) is 5.75 Å². The Morgan fingerprint density at radius 3 is 2.52 bits per heavy atom. The molecule has 0 spiro atoms. The maximum Gasteiger partial charge on any atom is 0.310 e. The monoisotopic (exact) mass is 558 g/mol. The molecule has 2 fully saturated rings. The molecule has 2 aliphatic heterocycles. The van der Waals surface area contributed by atoms with E-state index >= 15 is 0 Å². The van der Waals surface area contributed by atoms with E-state index in [1.165, 1.54) is 18.2 Å². The summed E-state index contributed by atoms with van der Waals surface area (Å²) >= 11 is 0. The maximum atomic E-state index is 12.9. The second kappa shape index (κ2) is 11.4. The molecule has 4 aliphatic rings. The number of carbonyl (C=O) groups excluding carboxylic acids is 3. The van der Waals surface area contributed by atoms with Crippen molar-refractivity contribution in [3.05, 3.63) is 52.6 Å². The minimum Gasteiger partial charge on any atom is -0.508 e. The lowest BCUT2D eigenvalue weighted by atomic mass is 9.81. The number of phenols is 1. The number of ketones is 1. The van der Waals surface area contributed by atoms with Crippen LogP contribution in [0.4, 0.5) is 0 Å². The number of benzene rings is 1. The van der Waals surface area contributed by atoms with Gasteiger partial charge in [0, 0.05) is 17.4 Å². The number of carbonyl (C=O) groups is 3. The lowest BCUT2D eigenvalue weighted by Crippen LogP contribution is -2.59. The van der Waals surface area contributed by atoms with Gasteiger partial charge in [0.15, 0.2) is 12.1 Å². The third-order valence-electron chi connectivity index (χ3n) is 8.40. The van der Waals surface area contributed by atoms with Crippen LogP contribution in [0.5, 0.6) is 5.75 Å². The molecule has 0 radical (unpaired) electrons. The Labute approximate surface area is 231 Å². The highest BCUT2D eigenvalue weighted by molar-refractivity contribution is 6.09. The third-order valence-corrected chi connectivity index (χ3v) is 8.40. The Balaban J connectivity index is 1.23. The molecule has 0 bridgehead atoms. The van der Waals surface area contributed by atoms with Crippen molar-refractivity contribution >= 4 is 17.7 Å². The van der Waals surface area contributed by atoms with Crippen LogP contribution in [0, 0.1) is 17.8 Å². The maximum absolute atomic E-state index is 12.9. The van der Waals surface area contributed by atoms with Crippen molar-refractivity contribution in [1.29, 1.82) is 0 Å². The molecule has 2 aliphatic carbocycles. The molecular weight excluding hydrogens is 524 g/mol. The molecule has 11 heteroatoms. The minimum atomic E-state index is -1.64. The van der Waals surface area contributed by atoms with Crippen LogP contribution in [0.15, 0.2) is 47.1 Å². The average molecular weight is 559 g/mol. The van der Waals surface area contributed by atoms with Crippen LogP contribution in [0.3, 0.4) is 0 Å². The first-order chi connectivity index (χ1) is 19.0. The highest BCUT2D eigenvalue weighted by atomic mass is 16.7. The van der Waals surface area contributed by atoms with Gasteiger partial charge >= 0.3 is 11.9 Å². The summed E-state index contributed by atoms with van der Waals surface area (Å²) in [5.74, 6) is -1.82. The van der Waals surface area contributed by atoms with E-state index in [0.29, 0.717) is 23.1 Å². The van der Waals surface area contributed by atoms with Gasteiger partial charge in [-0.25, -0.2) is 0 Å². The summed E-state index contributed by atoms with van der Waals surface area (Å²) in [5.41, 5.74) is 2.73. The van der Waals surface area contributed by atoms with Crippen LogP contribution in [0.25, 0.3) is 0 Å². The molecule has 40 heavy (non-hydrogen) atoms. The third kappa shape index (κ3) is 5.44. The molecule has 2 heterocycles. The summed E-state index contributed by atoms with van der Waals surface area (Å²) in [6.45, 7) is 3.18. The number of fused-ring (bicyclic) bond motifs is 3. The number of aliphatic hydroxyl groups excluding tert-OH is 3. The fraction of sp³-hybridized carbons (Fsp3) is 0.552. The van der Waals surface area contributed by atoms with Crippen LogP contribution < -0.4 is 0 Å². The second-order valence-electron chi connectivity index (χ2n) is 11.0. The summed E-state index contributed by atoms with van der Waals surface area (Å²) in [6.07, 6.45) is -5.10. The van der Waals surface area contributed by atoms with Gasteiger partial charge in [0.1, 0.15) is 42.9 Å². The van der Waals surface area contributed by atoms with E-state index in [2.05, 4.69) is 0 Å². The molecule has 216 valence electrons. The number of hydrogen-bond donors (Lipinski definition) is 4.